The molecule has 2 saturated heterocycles. The molecule has 0 aliphatic carbocycles. The summed E-state index contributed by atoms with van der Waals surface area (Å²) >= 11 is 0. The van der Waals surface area contributed by atoms with Gasteiger partial charge in [-0.1, -0.05) is 0 Å². The Balaban J connectivity index is 1.34. The number of ether oxygens (including phenoxy) is 1. The van der Waals surface area contributed by atoms with Crippen molar-refractivity contribution in [2.75, 3.05) is 54.0 Å². The van der Waals surface area contributed by atoms with Gasteiger partial charge in [0.1, 0.15) is 17.9 Å². The van der Waals surface area contributed by atoms with Gasteiger partial charge in [-0.25, -0.2) is 9.37 Å². The van der Waals surface area contributed by atoms with Gasteiger partial charge in [0.2, 0.25) is 0 Å². The van der Waals surface area contributed by atoms with Crippen molar-refractivity contribution in [1.82, 2.24) is 9.97 Å². The van der Waals surface area contributed by atoms with Gasteiger partial charge in [-0.2, -0.15) is 5.06 Å². The topological polar surface area (TPSA) is 83.1 Å². The molecular formula is C29H35FN6O3. The number of anilines is 5. The number of aryl methyl sites for hydroxylation is 1. The Morgan fingerprint density at radius 1 is 1.08 bits per heavy atom. The molecule has 10 heteroatoms. The molecule has 1 aromatic carbocycles. The van der Waals surface area contributed by atoms with E-state index in [4.69, 9.17) is 9.57 Å². The van der Waals surface area contributed by atoms with Gasteiger partial charge in [0.15, 0.2) is 0 Å². The number of aromatic nitrogens is 2. The predicted molar refractivity (Wildman–Crippen MR) is 150 cm³/mol. The van der Waals surface area contributed by atoms with Gasteiger partial charge in [-0.3, -0.25) is 14.6 Å². The number of piperidine rings is 1. The van der Waals surface area contributed by atoms with E-state index in [1.54, 1.807) is 37.5 Å². The lowest BCUT2D eigenvalue weighted by molar-refractivity contribution is 0.0772. The number of carbonyl (C=O) groups is 1. The van der Waals surface area contributed by atoms with Crippen LogP contribution in [0.5, 0.6) is 0 Å². The molecule has 9 nitrogen and oxygen atoms in total. The number of hydrogen-bond acceptors (Lipinski definition) is 8. The first-order valence-electron chi connectivity index (χ1n) is 13.4. The van der Waals surface area contributed by atoms with Crippen LogP contribution in [0.1, 0.15) is 48.2 Å². The Bertz CT molecular complexity index is 1290. The summed E-state index contributed by atoms with van der Waals surface area (Å²) in [6, 6.07) is 10.3. The van der Waals surface area contributed by atoms with Gasteiger partial charge >= 0.3 is 0 Å². The lowest BCUT2D eigenvalue weighted by Crippen LogP contribution is -2.32. The molecule has 3 aromatic rings. The number of amides is 1. The average Bonchev–Trinajstić information content (AvgIpc) is 3.50. The first kappa shape index (κ1) is 26.8. The highest BCUT2D eigenvalue weighted by atomic mass is 19.1. The minimum absolute atomic E-state index is 0.00138. The van der Waals surface area contributed by atoms with Crippen LogP contribution in [0.4, 0.5) is 33.0 Å². The van der Waals surface area contributed by atoms with Crippen LogP contribution in [0, 0.1) is 12.7 Å². The van der Waals surface area contributed by atoms with E-state index in [1.165, 1.54) is 24.7 Å². The molecule has 0 spiro atoms. The average molecular weight is 535 g/mol. The maximum absolute atomic E-state index is 14.5. The van der Waals surface area contributed by atoms with Crippen LogP contribution in [0.15, 0.2) is 48.8 Å². The molecule has 1 atom stereocenters. The summed E-state index contributed by atoms with van der Waals surface area (Å²) < 4.78 is 20.2. The number of benzene rings is 1. The summed E-state index contributed by atoms with van der Waals surface area (Å²) in [7, 11) is 3.38. The minimum Gasteiger partial charge on any atom is -0.371 e. The van der Waals surface area contributed by atoms with E-state index in [1.807, 2.05) is 24.1 Å². The number of nitrogens with one attached hydrogen (secondary N) is 1. The first-order chi connectivity index (χ1) is 18.9. The summed E-state index contributed by atoms with van der Waals surface area (Å²) in [6.07, 6.45) is 8.62. The quantitative estimate of drug-likeness (QED) is 0.383. The van der Waals surface area contributed by atoms with Crippen molar-refractivity contribution in [2.24, 2.45) is 0 Å². The molecule has 2 aliphatic rings. The Hall–Kier alpha value is -3.76. The molecule has 206 valence electrons. The third-order valence-corrected chi connectivity index (χ3v) is 7.24. The highest BCUT2D eigenvalue weighted by molar-refractivity contribution is 6.06. The summed E-state index contributed by atoms with van der Waals surface area (Å²) in [6.45, 7) is 4.35. The van der Waals surface area contributed by atoms with Crippen molar-refractivity contribution < 1.29 is 18.8 Å². The summed E-state index contributed by atoms with van der Waals surface area (Å²) in [5.74, 6) is 0.0437. The van der Waals surface area contributed by atoms with Crippen LogP contribution in [-0.4, -0.2) is 56.0 Å². The van der Waals surface area contributed by atoms with Crippen LogP contribution in [0.3, 0.4) is 0 Å². The Kier molecular flexibility index (Phi) is 8.23. The molecule has 2 aromatic heterocycles. The molecule has 2 aliphatic heterocycles. The third-order valence-electron chi connectivity index (χ3n) is 7.24. The van der Waals surface area contributed by atoms with Crippen molar-refractivity contribution in [1.29, 1.82) is 0 Å². The van der Waals surface area contributed by atoms with Crippen LogP contribution < -0.4 is 20.2 Å². The molecule has 0 radical (unpaired) electrons. The minimum atomic E-state index is -0.388. The summed E-state index contributed by atoms with van der Waals surface area (Å²) in [5.41, 5.74) is 3.40. The van der Waals surface area contributed by atoms with E-state index in [9.17, 15) is 9.18 Å². The maximum Gasteiger partial charge on any atom is 0.284 e. The van der Waals surface area contributed by atoms with Crippen LogP contribution >= 0.6 is 0 Å². The number of hydroxylamine groups is 1. The van der Waals surface area contributed by atoms with Crippen LogP contribution in [0.2, 0.25) is 0 Å². The number of pyridine rings is 2. The molecule has 1 amide bonds. The van der Waals surface area contributed by atoms with Gasteiger partial charge in [0.05, 0.1) is 42.1 Å². The number of carbonyl (C=O) groups excluding carboxylic acids is 1. The van der Waals surface area contributed by atoms with Gasteiger partial charge in [-0.05, 0) is 75.4 Å². The Morgan fingerprint density at radius 3 is 2.59 bits per heavy atom. The fourth-order valence-electron chi connectivity index (χ4n) is 5.10. The molecule has 1 unspecified atom stereocenters. The third kappa shape index (κ3) is 6.12. The molecule has 1 N–H and O–H groups in total. The smallest absolute Gasteiger partial charge is 0.284 e. The van der Waals surface area contributed by atoms with Gasteiger partial charge in [0, 0.05) is 38.1 Å². The normalized spacial score (nSPS) is 17.2. The van der Waals surface area contributed by atoms with E-state index < -0.39 is 0 Å². The number of nitrogens with zero attached hydrogens (tertiary/aromatic N) is 5. The van der Waals surface area contributed by atoms with Crippen molar-refractivity contribution in [2.45, 2.75) is 45.3 Å². The predicted octanol–water partition coefficient (Wildman–Crippen LogP) is 5.44. The zero-order chi connectivity index (χ0) is 27.4. The molecule has 0 saturated carbocycles. The molecule has 39 heavy (non-hydrogen) atoms. The summed E-state index contributed by atoms with van der Waals surface area (Å²) in [5, 5.41) is 4.41. The highest BCUT2D eigenvalue weighted by Crippen LogP contribution is 2.28. The molecule has 5 rings (SSSR count). The number of hydrogen-bond donors (Lipinski definition) is 1. The second kappa shape index (κ2) is 12.0. The van der Waals surface area contributed by atoms with Gasteiger partial charge < -0.3 is 19.9 Å². The fourth-order valence-corrected chi connectivity index (χ4v) is 5.10. The van der Waals surface area contributed by atoms with E-state index in [2.05, 4.69) is 20.2 Å². The van der Waals surface area contributed by atoms with Crippen LogP contribution in [0.25, 0.3) is 0 Å². The lowest BCUT2D eigenvalue weighted by atomic mass is 10.1. The SMILES string of the molecule is CON(C(=O)c1cc(Nc2cc(F)cc(N3CCCCC3)c2)cnc1C)c1ccc(N(C)C2CCCO2)nc1. The monoisotopic (exact) mass is 534 g/mol. The van der Waals surface area contributed by atoms with Gasteiger partial charge in [-0.15, -0.1) is 0 Å². The number of rotatable bonds is 8. The van der Waals surface area contributed by atoms with Crippen molar-refractivity contribution in [3.8, 4) is 0 Å². The second-order valence-electron chi connectivity index (χ2n) is 9.96. The lowest BCUT2D eigenvalue weighted by Gasteiger charge is -2.29. The van der Waals surface area contributed by atoms with E-state index in [0.717, 1.165) is 56.9 Å². The Morgan fingerprint density at radius 2 is 1.90 bits per heavy atom. The van der Waals surface area contributed by atoms with Crippen LogP contribution in [-0.2, 0) is 9.57 Å². The molecular weight excluding hydrogens is 499 g/mol. The van der Waals surface area contributed by atoms with E-state index in [0.29, 0.717) is 28.3 Å². The Labute approximate surface area is 228 Å². The zero-order valence-electron chi connectivity index (χ0n) is 22.7. The second-order valence-corrected chi connectivity index (χ2v) is 9.96. The largest absolute Gasteiger partial charge is 0.371 e. The van der Waals surface area contributed by atoms with Crippen molar-refractivity contribution >= 4 is 34.5 Å². The number of halogens is 1. The molecule has 2 fully saturated rings. The fraction of sp³-hybridized carbons (Fsp3) is 0.414. The van der Waals surface area contributed by atoms with Crippen molar-refractivity contribution in [3.05, 3.63) is 65.9 Å². The molecule has 4 heterocycles. The zero-order valence-corrected chi connectivity index (χ0v) is 22.7. The first-order valence-corrected chi connectivity index (χ1v) is 13.4. The van der Waals surface area contributed by atoms with Gasteiger partial charge in [0.25, 0.3) is 5.91 Å². The standard InChI is InChI=1S/C29H35FN6O3/c1-20-26(29(37)36(38-3)24-9-10-27(32-19-24)34(2)28-8-7-13-39-28)17-23(18-31-20)33-22-14-21(30)15-25(16-22)35-11-5-4-6-12-35/h9-10,14-19,28,33H,4-8,11-13H2,1-3H3. The van der Waals surface area contributed by atoms with E-state index >= 15 is 0 Å². The highest BCUT2D eigenvalue weighted by Gasteiger charge is 2.24. The maximum atomic E-state index is 14.5. The van der Waals surface area contributed by atoms with Crippen molar-refractivity contribution in [3.63, 3.8) is 0 Å². The molecule has 0 bridgehead atoms. The summed E-state index contributed by atoms with van der Waals surface area (Å²) in [4.78, 5) is 32.2. The van der Waals surface area contributed by atoms with E-state index in [-0.39, 0.29) is 18.0 Å².